The highest BCUT2D eigenvalue weighted by Crippen LogP contribution is 2.46. The van der Waals surface area contributed by atoms with Crippen LogP contribution in [-0.4, -0.2) is 145 Å². The normalized spacial score (nSPS) is 16.1. The molecule has 550 valence electrons. The van der Waals surface area contributed by atoms with E-state index in [1.54, 1.807) is 4.90 Å². The Morgan fingerprint density at radius 2 is 1.00 bits per heavy atom. The number of alkyl halides is 2. The van der Waals surface area contributed by atoms with Gasteiger partial charge in [0.05, 0.1) is 39.3 Å². The van der Waals surface area contributed by atoms with Crippen molar-refractivity contribution < 1.29 is 71.2 Å². The molecule has 4 aliphatic heterocycles. The molecule has 6 atom stereocenters. The molecule has 4 aliphatic rings. The molecule has 0 fully saturated rings. The minimum Gasteiger partial charge on any atom is -0.480 e. The standard InChI is InChI=1S/C23H21ClN2O5.C21H20N2O4.C13H16N2O2.C12H14N2O2.C2H2Cl2O.CH5N.Cl2OS.ClH/c1-25-16-6-4-3-5-14(16)15-10-17(23(28)29-2)26(20(27)11-24)21(22(15)25)13-7-8-18-19(9-13)31-12-30-18;1-23-16-6-4-3-5-13(16)14-10-15(21(24)25-2)22-19(20(14)23)12-7-8-17-18(9-12)27-11-26-17;1-15-8-9(7-11(14)13(16)17-2)10-5-3-4-6-12(10)15;1-14-7-8(6-10(13)12(15)16)9-4-2-3-5-11(9)14;3-1-2(4)5;1-2;1-4(2)3;/h3-9,17,21H,10-12H2,1-2H3;3-9,15,19,22H,10-11H2,1-2H3;3-6,8,11H,7,14H2,1-2H3;2-5,7,10H,6,13H2,1H3,(H,15,16);1H2;2H2,1H3;;1H/t17-,21+;15-,19+;11-;10-;;;;/m0011..../s1. The summed E-state index contributed by atoms with van der Waals surface area (Å²) in [6.07, 6.45) is 5.75. The summed E-state index contributed by atoms with van der Waals surface area (Å²) in [7, 11) is 20.9. The summed E-state index contributed by atoms with van der Waals surface area (Å²) in [5.74, 6) is -0.00216. The summed E-state index contributed by atoms with van der Waals surface area (Å²) in [6.45, 7) is 0.388. The Labute approximate surface area is 626 Å². The molecule has 0 unspecified atom stereocenters. The monoisotopic (exact) mass is 1550 g/mol. The molecule has 8 N–H and O–H groups in total. The first kappa shape index (κ1) is 81.7. The molecule has 0 radical (unpaired) electrons. The van der Waals surface area contributed by atoms with Gasteiger partial charge in [-0.1, -0.05) is 84.9 Å². The van der Waals surface area contributed by atoms with Crippen LogP contribution in [0.25, 0.3) is 43.6 Å². The summed E-state index contributed by atoms with van der Waals surface area (Å²) < 4.78 is 54.2. The zero-order valence-corrected chi connectivity index (χ0v) is 62.7. The summed E-state index contributed by atoms with van der Waals surface area (Å²) in [6, 6.07) is 40.5. The van der Waals surface area contributed by atoms with Crippen LogP contribution in [0, 0.1) is 0 Å². The molecule has 8 heterocycles. The van der Waals surface area contributed by atoms with Crippen molar-refractivity contribution in [1.29, 1.82) is 0 Å². The Balaban J connectivity index is 0.000000188. The van der Waals surface area contributed by atoms with Crippen LogP contribution in [0.4, 0.5) is 0 Å². The zero-order valence-electron chi connectivity index (χ0n) is 57.3. The van der Waals surface area contributed by atoms with Crippen molar-refractivity contribution in [2.75, 3.05) is 53.7 Å². The number of nitrogens with one attached hydrogen (secondary N) is 1. The Morgan fingerprint density at radius 3 is 1.46 bits per heavy atom. The number of benzene rings is 6. The molecule has 24 nitrogen and oxygen atoms in total. The van der Waals surface area contributed by atoms with Crippen LogP contribution < -0.4 is 41.5 Å². The molecular weight excluding hydrogens is 1480 g/mol. The van der Waals surface area contributed by atoms with Gasteiger partial charge in [0, 0.05) is 143 Å². The van der Waals surface area contributed by atoms with E-state index in [-0.39, 0.29) is 61.6 Å². The van der Waals surface area contributed by atoms with Gasteiger partial charge in [-0.05, 0) is 101 Å². The highest BCUT2D eigenvalue weighted by molar-refractivity contribution is 8.26. The van der Waals surface area contributed by atoms with E-state index < -0.39 is 56.6 Å². The van der Waals surface area contributed by atoms with Crippen molar-refractivity contribution >= 4 is 156 Å². The van der Waals surface area contributed by atoms with Gasteiger partial charge in [0.1, 0.15) is 30.0 Å². The average Bonchev–Trinajstić information content (AvgIpc) is 1.60. The molecular formula is C72H79Cl6N9O15S. The van der Waals surface area contributed by atoms with E-state index in [0.717, 1.165) is 88.9 Å². The zero-order chi connectivity index (χ0) is 74.2. The Bertz CT molecular complexity index is 4690. The molecule has 31 heteroatoms. The van der Waals surface area contributed by atoms with Crippen molar-refractivity contribution in [2.24, 2.45) is 45.4 Å². The van der Waals surface area contributed by atoms with E-state index in [9.17, 15) is 28.8 Å². The van der Waals surface area contributed by atoms with Crippen molar-refractivity contribution in [1.82, 2.24) is 28.5 Å². The number of hydrogen-bond donors (Lipinski definition) is 5. The Morgan fingerprint density at radius 1 is 0.583 bits per heavy atom. The van der Waals surface area contributed by atoms with Gasteiger partial charge in [-0.2, -0.15) is 0 Å². The maximum atomic E-state index is 13.1. The molecule has 10 aromatic rings. The number of fused-ring (bicyclic) bond motifs is 10. The third-order valence-electron chi connectivity index (χ3n) is 17.4. The molecule has 1 amide bonds. The van der Waals surface area contributed by atoms with Crippen LogP contribution >= 0.6 is 68.6 Å². The third kappa shape index (κ3) is 18.9. The molecule has 0 aliphatic carbocycles. The number of para-hydroxylation sites is 4. The SMILES string of the molecule is CN.COC(=O)[C@@H]1Cc2c(n(C)c3ccccc23)[C@@H](c2ccc3c(c2)OCO3)N1.COC(=O)[C@@H]1Cc2c(n(C)c3ccccc23)[C@@H](c2ccc3c(c2)OCO3)N1C(=O)CCl.COC(=O)[C@H](N)Cc1cn(C)c2ccccc12.Cl.Cn1cc(C[C@@H](N)C(=O)O)c2ccccc21.O=C(Cl)CCl.O=S(Cl)Cl. The van der Waals surface area contributed by atoms with Gasteiger partial charge >= 0.3 is 23.9 Å². The fourth-order valence-corrected chi connectivity index (χ4v) is 13.1. The largest absolute Gasteiger partial charge is 0.480 e. The minimum absolute atomic E-state index is 0. The van der Waals surface area contributed by atoms with Gasteiger partial charge in [-0.15, -0.1) is 35.6 Å². The fourth-order valence-electron chi connectivity index (χ4n) is 13.0. The minimum atomic E-state index is -1.67. The second kappa shape index (κ2) is 37.7. The molecule has 0 saturated carbocycles. The van der Waals surface area contributed by atoms with E-state index in [2.05, 4.69) is 65.5 Å². The Kier molecular flexibility index (Phi) is 29.9. The number of aliphatic carboxylic acids is 1. The predicted octanol–water partition coefficient (Wildman–Crippen LogP) is 10.2. The number of esters is 3. The fraction of sp³-hybridized carbons (Fsp3) is 0.306. The summed E-state index contributed by atoms with van der Waals surface area (Å²) in [5, 5.41) is 16.2. The number of carbonyl (C=O) groups is 6. The van der Waals surface area contributed by atoms with Crippen molar-refractivity contribution in [3.63, 3.8) is 0 Å². The van der Waals surface area contributed by atoms with Crippen LogP contribution in [0.5, 0.6) is 23.0 Å². The van der Waals surface area contributed by atoms with Gasteiger partial charge in [-0.3, -0.25) is 29.3 Å². The molecule has 0 bridgehead atoms. The Hall–Kier alpha value is -8.57. The van der Waals surface area contributed by atoms with Gasteiger partial charge in [0.15, 0.2) is 23.0 Å². The summed E-state index contributed by atoms with van der Waals surface area (Å²) in [4.78, 5) is 71.2. The second-order valence-corrected chi connectivity index (χ2v) is 26.8. The van der Waals surface area contributed by atoms with E-state index in [1.807, 2.05) is 164 Å². The number of aromatic nitrogens is 4. The third-order valence-corrected chi connectivity index (χ3v) is 18.2. The molecule has 103 heavy (non-hydrogen) atoms. The number of carboxylic acid groups (broad SMARTS) is 1. The molecule has 6 aromatic carbocycles. The van der Waals surface area contributed by atoms with E-state index in [4.69, 9.17) is 84.0 Å². The smallest absolute Gasteiger partial charge is 0.328 e. The van der Waals surface area contributed by atoms with Crippen LogP contribution in [0.1, 0.15) is 56.9 Å². The predicted molar refractivity (Wildman–Crippen MR) is 402 cm³/mol. The lowest BCUT2D eigenvalue weighted by molar-refractivity contribution is -0.154. The molecule has 4 aromatic heterocycles. The van der Waals surface area contributed by atoms with Crippen LogP contribution in [0.15, 0.2) is 146 Å². The number of carbonyl (C=O) groups excluding carboxylic acids is 5. The lowest BCUT2D eigenvalue weighted by Crippen LogP contribution is -2.52. The quantitative estimate of drug-likeness (QED) is 0.0328. The number of amides is 1. The van der Waals surface area contributed by atoms with Gasteiger partial charge in [-0.25, -0.2) is 9.00 Å². The number of rotatable bonds is 12. The number of carboxylic acids is 1. The number of ether oxygens (including phenoxy) is 7. The van der Waals surface area contributed by atoms with E-state index in [0.29, 0.717) is 37.2 Å². The van der Waals surface area contributed by atoms with E-state index >= 15 is 0 Å². The lowest BCUT2D eigenvalue weighted by atomic mass is 9.87. The van der Waals surface area contributed by atoms with Crippen LogP contribution in [0.3, 0.4) is 0 Å². The number of nitrogens with two attached hydrogens (primary N) is 3. The van der Waals surface area contributed by atoms with Gasteiger partial charge in [0.2, 0.25) is 34.0 Å². The molecule has 0 saturated heterocycles. The number of halogens is 6. The van der Waals surface area contributed by atoms with Gasteiger partial charge in [0.25, 0.3) is 0 Å². The molecule has 14 rings (SSSR count). The topological polar surface area (TPSA) is 317 Å². The number of aryl methyl sites for hydroxylation is 4. The second-order valence-electron chi connectivity index (χ2n) is 23.3. The first-order chi connectivity index (χ1) is 48.9. The number of nitrogens with zero attached hydrogens (tertiary/aromatic N) is 5. The van der Waals surface area contributed by atoms with E-state index in [1.165, 1.54) is 39.3 Å². The van der Waals surface area contributed by atoms with Gasteiger partial charge < -0.3 is 78.6 Å². The average molecular weight is 1560 g/mol. The highest BCUT2D eigenvalue weighted by atomic mass is 36.0. The van der Waals surface area contributed by atoms with Crippen molar-refractivity contribution in [3.05, 3.63) is 191 Å². The molecule has 0 spiro atoms. The maximum Gasteiger partial charge on any atom is 0.328 e. The maximum absolute atomic E-state index is 13.1. The number of hydrogen-bond acceptors (Lipinski definition) is 18. The number of methoxy groups -OCH3 is 3. The highest BCUT2D eigenvalue weighted by Gasteiger charge is 2.45. The van der Waals surface area contributed by atoms with Crippen molar-refractivity contribution in [3.8, 4) is 23.0 Å². The lowest BCUT2D eigenvalue weighted by Gasteiger charge is -2.41. The van der Waals surface area contributed by atoms with Crippen LogP contribution in [0.2, 0.25) is 0 Å². The van der Waals surface area contributed by atoms with Crippen molar-refractivity contribution in [2.45, 2.75) is 61.9 Å². The first-order valence-electron chi connectivity index (χ1n) is 31.6. The first-order valence-corrected chi connectivity index (χ1v) is 35.8. The van der Waals surface area contributed by atoms with Crippen LogP contribution in [-0.2, 0) is 106 Å². The summed E-state index contributed by atoms with van der Waals surface area (Å²) in [5.41, 5.74) is 28.4. The summed E-state index contributed by atoms with van der Waals surface area (Å²) >= 11 is 15.5.